The minimum absolute atomic E-state index is 0.518. The quantitative estimate of drug-likeness (QED) is 0.923. The van der Waals surface area contributed by atoms with Crippen LogP contribution in [0.25, 0.3) is 0 Å². The highest BCUT2D eigenvalue weighted by Crippen LogP contribution is 2.54. The summed E-state index contributed by atoms with van der Waals surface area (Å²) in [4.78, 5) is 12.2. The number of carboxylic acid groups (broad SMARTS) is 1. The van der Waals surface area contributed by atoms with Gasteiger partial charge >= 0.3 is 5.97 Å². The maximum absolute atomic E-state index is 12.2. The Hall–Kier alpha value is -1.51. The van der Waals surface area contributed by atoms with E-state index in [0.29, 0.717) is 18.9 Å². The van der Waals surface area contributed by atoms with E-state index in [1.54, 1.807) is 0 Å². The van der Waals surface area contributed by atoms with Gasteiger partial charge in [-0.05, 0) is 49.5 Å². The first-order chi connectivity index (χ1) is 10.2. The van der Waals surface area contributed by atoms with E-state index in [1.165, 1.54) is 25.7 Å². The number of para-hydroxylation sites is 1. The van der Waals surface area contributed by atoms with Gasteiger partial charge in [0.2, 0.25) is 0 Å². The Balaban J connectivity index is 1.70. The van der Waals surface area contributed by atoms with Gasteiger partial charge in [0.05, 0.1) is 12.0 Å². The molecule has 1 aromatic carbocycles. The number of hydrogen-bond acceptors (Lipinski definition) is 2. The van der Waals surface area contributed by atoms with Crippen molar-refractivity contribution < 1.29 is 14.6 Å². The third-order valence-corrected chi connectivity index (χ3v) is 6.09. The van der Waals surface area contributed by atoms with Crippen LogP contribution in [0, 0.1) is 17.8 Å². The average molecular weight is 286 g/mol. The van der Waals surface area contributed by atoms with Crippen LogP contribution >= 0.6 is 0 Å². The van der Waals surface area contributed by atoms with Crippen molar-refractivity contribution >= 4 is 5.97 Å². The van der Waals surface area contributed by atoms with Crippen molar-refractivity contribution in [3.63, 3.8) is 0 Å². The zero-order chi connectivity index (χ0) is 14.4. The molecule has 21 heavy (non-hydrogen) atoms. The number of rotatable bonds is 3. The van der Waals surface area contributed by atoms with Gasteiger partial charge < -0.3 is 9.84 Å². The van der Waals surface area contributed by atoms with E-state index in [1.807, 2.05) is 24.3 Å². The van der Waals surface area contributed by atoms with Crippen LogP contribution in [0.1, 0.15) is 44.1 Å². The Kier molecular flexibility index (Phi) is 2.98. The van der Waals surface area contributed by atoms with Gasteiger partial charge in [-0.25, -0.2) is 0 Å². The molecular formula is C18H22O3. The van der Waals surface area contributed by atoms with Gasteiger partial charge in [0.15, 0.2) is 0 Å². The van der Waals surface area contributed by atoms with Gasteiger partial charge in [-0.2, -0.15) is 0 Å². The molecule has 0 saturated heterocycles. The third-order valence-electron chi connectivity index (χ3n) is 6.09. The largest absolute Gasteiger partial charge is 0.493 e. The molecule has 4 atom stereocenters. The zero-order valence-electron chi connectivity index (χ0n) is 12.3. The predicted molar refractivity (Wildman–Crippen MR) is 79.4 cm³/mol. The van der Waals surface area contributed by atoms with E-state index in [-0.39, 0.29) is 0 Å². The fourth-order valence-electron chi connectivity index (χ4n) is 5.05. The number of hydrogen-bond donors (Lipinski definition) is 1. The standard InChI is InChI=1S/C18H22O3/c19-17(20)18(11-14-10-12-5-6-13(14)9-12)7-8-21-16-4-2-1-3-15(16)18/h1-4,12-14H,5-11H2,(H,19,20). The molecule has 1 aliphatic heterocycles. The zero-order valence-corrected chi connectivity index (χ0v) is 12.3. The Morgan fingerprint density at radius 3 is 2.86 bits per heavy atom. The first-order valence-electron chi connectivity index (χ1n) is 8.15. The average Bonchev–Trinajstić information content (AvgIpc) is 3.10. The first kappa shape index (κ1) is 13.2. The molecular weight excluding hydrogens is 264 g/mol. The smallest absolute Gasteiger partial charge is 0.314 e. The molecule has 2 saturated carbocycles. The van der Waals surface area contributed by atoms with E-state index in [2.05, 4.69) is 0 Å². The van der Waals surface area contributed by atoms with Crippen molar-refractivity contribution in [3.8, 4) is 5.75 Å². The molecule has 0 spiro atoms. The highest BCUT2D eigenvalue weighted by molar-refractivity contribution is 5.83. The lowest BCUT2D eigenvalue weighted by Crippen LogP contribution is -2.42. The normalized spacial score (nSPS) is 37.0. The molecule has 3 heteroatoms. The molecule has 0 radical (unpaired) electrons. The highest BCUT2D eigenvalue weighted by atomic mass is 16.5. The summed E-state index contributed by atoms with van der Waals surface area (Å²) >= 11 is 0. The maximum atomic E-state index is 12.2. The summed E-state index contributed by atoms with van der Waals surface area (Å²) < 4.78 is 5.69. The number of ether oxygens (including phenoxy) is 1. The number of carbonyl (C=O) groups is 1. The summed E-state index contributed by atoms with van der Waals surface area (Å²) in [6.45, 7) is 0.518. The topological polar surface area (TPSA) is 46.5 Å². The van der Waals surface area contributed by atoms with Gasteiger partial charge in [-0.1, -0.05) is 24.6 Å². The van der Waals surface area contributed by atoms with Gasteiger partial charge in [0.1, 0.15) is 5.75 Å². The van der Waals surface area contributed by atoms with Crippen LogP contribution in [-0.2, 0) is 10.2 Å². The number of fused-ring (bicyclic) bond motifs is 3. The van der Waals surface area contributed by atoms with Crippen molar-refractivity contribution in [1.29, 1.82) is 0 Å². The molecule has 2 fully saturated rings. The van der Waals surface area contributed by atoms with Gasteiger partial charge in [0, 0.05) is 12.0 Å². The maximum Gasteiger partial charge on any atom is 0.314 e. The lowest BCUT2D eigenvalue weighted by atomic mass is 9.67. The molecule has 4 unspecified atom stereocenters. The van der Waals surface area contributed by atoms with Crippen molar-refractivity contribution in [2.24, 2.45) is 17.8 Å². The van der Waals surface area contributed by atoms with Crippen LogP contribution in [0.2, 0.25) is 0 Å². The number of carboxylic acids is 1. The monoisotopic (exact) mass is 286 g/mol. The third kappa shape index (κ3) is 1.97. The molecule has 4 rings (SSSR count). The van der Waals surface area contributed by atoms with Gasteiger partial charge in [-0.3, -0.25) is 4.79 Å². The van der Waals surface area contributed by atoms with Crippen molar-refractivity contribution in [1.82, 2.24) is 0 Å². The van der Waals surface area contributed by atoms with Crippen molar-refractivity contribution in [2.75, 3.05) is 6.61 Å². The van der Waals surface area contributed by atoms with Gasteiger partial charge in [0.25, 0.3) is 0 Å². The summed E-state index contributed by atoms with van der Waals surface area (Å²) in [5.41, 5.74) is 0.163. The van der Waals surface area contributed by atoms with Crippen LogP contribution < -0.4 is 4.74 Å². The summed E-state index contributed by atoms with van der Waals surface area (Å²) in [6.07, 6.45) is 6.64. The second-order valence-electron chi connectivity index (χ2n) is 7.12. The predicted octanol–water partition coefficient (Wildman–Crippen LogP) is 3.62. The van der Waals surface area contributed by atoms with Crippen molar-refractivity contribution in [2.45, 2.75) is 43.9 Å². The molecule has 3 nitrogen and oxygen atoms in total. The molecule has 1 aromatic rings. The summed E-state index contributed by atoms with van der Waals surface area (Å²) in [6, 6.07) is 7.73. The molecule has 3 aliphatic rings. The Morgan fingerprint density at radius 2 is 2.14 bits per heavy atom. The van der Waals surface area contributed by atoms with Crippen LogP contribution in [-0.4, -0.2) is 17.7 Å². The lowest BCUT2D eigenvalue weighted by molar-refractivity contribution is -0.146. The molecule has 0 amide bonds. The SMILES string of the molecule is O=C(O)C1(CC2CC3CCC2C3)CCOc2ccccc21. The van der Waals surface area contributed by atoms with Crippen LogP contribution in [0.3, 0.4) is 0 Å². The number of benzene rings is 1. The second kappa shape index (κ2) is 4.75. The van der Waals surface area contributed by atoms with Crippen molar-refractivity contribution in [3.05, 3.63) is 29.8 Å². The summed E-state index contributed by atoms with van der Waals surface area (Å²) in [5, 5.41) is 10.0. The van der Waals surface area contributed by atoms with E-state index in [0.717, 1.165) is 29.6 Å². The van der Waals surface area contributed by atoms with E-state index < -0.39 is 11.4 Å². The molecule has 2 aliphatic carbocycles. The van der Waals surface area contributed by atoms with E-state index in [4.69, 9.17) is 4.74 Å². The minimum Gasteiger partial charge on any atom is -0.493 e. The fourth-order valence-corrected chi connectivity index (χ4v) is 5.05. The summed E-state index contributed by atoms with van der Waals surface area (Å²) in [5.74, 6) is 2.32. The van der Waals surface area contributed by atoms with Crippen LogP contribution in [0.15, 0.2) is 24.3 Å². The molecule has 1 N–H and O–H groups in total. The van der Waals surface area contributed by atoms with Crippen LogP contribution in [0.4, 0.5) is 0 Å². The Morgan fingerprint density at radius 1 is 1.29 bits per heavy atom. The highest BCUT2D eigenvalue weighted by Gasteiger charge is 2.50. The Labute approximate surface area is 125 Å². The van der Waals surface area contributed by atoms with Crippen LogP contribution in [0.5, 0.6) is 5.75 Å². The molecule has 2 bridgehead atoms. The van der Waals surface area contributed by atoms with E-state index >= 15 is 0 Å². The fraction of sp³-hybridized carbons (Fsp3) is 0.611. The lowest BCUT2D eigenvalue weighted by Gasteiger charge is -2.38. The molecule has 0 aromatic heterocycles. The number of aliphatic carboxylic acids is 1. The summed E-state index contributed by atoms with van der Waals surface area (Å²) in [7, 11) is 0. The minimum atomic E-state index is -0.732. The molecule has 112 valence electrons. The first-order valence-corrected chi connectivity index (χ1v) is 8.15. The molecule has 1 heterocycles. The Bertz CT molecular complexity index is 567. The van der Waals surface area contributed by atoms with E-state index in [9.17, 15) is 9.90 Å². The van der Waals surface area contributed by atoms with Gasteiger partial charge in [-0.15, -0.1) is 0 Å². The second-order valence-corrected chi connectivity index (χ2v) is 7.12.